The van der Waals surface area contributed by atoms with E-state index in [-0.39, 0.29) is 12.5 Å². The van der Waals surface area contributed by atoms with Crippen LogP contribution in [-0.4, -0.2) is 47.8 Å². The van der Waals surface area contributed by atoms with Gasteiger partial charge in [-0.2, -0.15) is 0 Å². The zero-order valence-electron chi connectivity index (χ0n) is 14.7. The molecule has 7 nitrogen and oxygen atoms in total. The molecule has 0 saturated carbocycles. The third kappa shape index (κ3) is 5.68. The Morgan fingerprint density at radius 2 is 2.22 bits per heavy atom. The number of nitrogens with zero attached hydrogens (tertiary/aromatic N) is 3. The third-order valence-corrected chi connectivity index (χ3v) is 4.50. The Hall–Kier alpha value is -2.62. The summed E-state index contributed by atoms with van der Waals surface area (Å²) in [5, 5.41) is 12.7. The molecule has 0 fully saturated rings. The fourth-order valence-corrected chi connectivity index (χ4v) is 3.06. The maximum absolute atomic E-state index is 13.2. The molecule has 9 heteroatoms. The topological polar surface area (TPSA) is 80.5 Å². The van der Waals surface area contributed by atoms with E-state index in [1.807, 2.05) is 22.4 Å². The van der Waals surface area contributed by atoms with Crippen LogP contribution in [0.1, 0.15) is 5.89 Å². The van der Waals surface area contributed by atoms with E-state index in [0.717, 1.165) is 4.88 Å². The van der Waals surface area contributed by atoms with Crippen molar-refractivity contribution in [2.75, 3.05) is 32.1 Å². The first kappa shape index (κ1) is 19.2. The molecule has 0 saturated heterocycles. The summed E-state index contributed by atoms with van der Waals surface area (Å²) in [5.74, 6) is 0.190. The Labute approximate surface area is 159 Å². The minimum atomic E-state index is -0.406. The van der Waals surface area contributed by atoms with Crippen LogP contribution in [0, 0.1) is 5.82 Å². The van der Waals surface area contributed by atoms with Gasteiger partial charge in [0.1, 0.15) is 5.82 Å². The van der Waals surface area contributed by atoms with Gasteiger partial charge in [0.2, 0.25) is 11.8 Å². The predicted molar refractivity (Wildman–Crippen MR) is 99.8 cm³/mol. The van der Waals surface area contributed by atoms with Gasteiger partial charge in [-0.1, -0.05) is 12.1 Å². The van der Waals surface area contributed by atoms with E-state index in [4.69, 9.17) is 9.15 Å². The van der Waals surface area contributed by atoms with Gasteiger partial charge >= 0.3 is 0 Å². The second-order valence-corrected chi connectivity index (χ2v) is 6.69. The smallest absolute Gasteiger partial charge is 0.257 e. The first-order valence-corrected chi connectivity index (χ1v) is 9.15. The summed E-state index contributed by atoms with van der Waals surface area (Å²) in [6, 6.07) is 9.57. The highest BCUT2D eigenvalue weighted by Gasteiger charge is 2.16. The Kier molecular flexibility index (Phi) is 6.64. The van der Waals surface area contributed by atoms with Crippen molar-refractivity contribution in [3.05, 3.63) is 53.5 Å². The van der Waals surface area contributed by atoms with Gasteiger partial charge in [0.05, 0.1) is 24.6 Å². The van der Waals surface area contributed by atoms with Gasteiger partial charge in [0.25, 0.3) is 5.89 Å². The summed E-state index contributed by atoms with van der Waals surface area (Å²) in [7, 11) is 1.59. The number of halogens is 1. The Morgan fingerprint density at radius 3 is 2.96 bits per heavy atom. The number of methoxy groups -OCH3 is 1. The molecule has 1 N–H and O–H groups in total. The van der Waals surface area contributed by atoms with Gasteiger partial charge in [0.15, 0.2) is 0 Å². The number of ether oxygens (including phenoxy) is 1. The van der Waals surface area contributed by atoms with Crippen molar-refractivity contribution >= 4 is 22.9 Å². The van der Waals surface area contributed by atoms with E-state index in [9.17, 15) is 9.18 Å². The number of anilines is 1. The first-order valence-electron chi connectivity index (χ1n) is 8.27. The number of hydrogen-bond donors (Lipinski definition) is 1. The lowest BCUT2D eigenvalue weighted by molar-refractivity contribution is -0.117. The average molecular weight is 390 g/mol. The molecular formula is C18H19FN4O3S. The van der Waals surface area contributed by atoms with Gasteiger partial charge in [-0.15, -0.1) is 21.5 Å². The van der Waals surface area contributed by atoms with Crippen LogP contribution in [0.4, 0.5) is 10.1 Å². The second-order valence-electron chi connectivity index (χ2n) is 5.74. The highest BCUT2D eigenvalue weighted by Crippen LogP contribution is 2.23. The van der Waals surface area contributed by atoms with Crippen molar-refractivity contribution in [3.63, 3.8) is 0 Å². The predicted octanol–water partition coefficient (Wildman–Crippen LogP) is 3.02. The maximum atomic E-state index is 13.2. The standard InChI is InChI=1S/C18H19FN4O3S/c1-25-8-7-23(11-16(24)20-14-5-2-4-13(19)10-14)12-17-21-22-18(26-17)15-6-3-9-27-15/h2-6,9-10H,7-8,11-12H2,1H3,(H,20,24). The van der Waals surface area contributed by atoms with Crippen molar-refractivity contribution < 1.29 is 18.3 Å². The van der Waals surface area contributed by atoms with Crippen molar-refractivity contribution in [2.24, 2.45) is 0 Å². The Bertz CT molecular complexity index is 869. The van der Waals surface area contributed by atoms with E-state index >= 15 is 0 Å². The lowest BCUT2D eigenvalue weighted by atomic mass is 10.3. The van der Waals surface area contributed by atoms with Crippen LogP contribution < -0.4 is 5.32 Å². The lowest BCUT2D eigenvalue weighted by Gasteiger charge is -2.19. The highest BCUT2D eigenvalue weighted by molar-refractivity contribution is 7.13. The number of benzene rings is 1. The minimum absolute atomic E-state index is 0.0799. The van der Waals surface area contributed by atoms with E-state index in [1.54, 1.807) is 13.2 Å². The Morgan fingerprint density at radius 1 is 1.33 bits per heavy atom. The molecule has 2 heterocycles. The number of rotatable bonds is 9. The van der Waals surface area contributed by atoms with Crippen molar-refractivity contribution in [2.45, 2.75) is 6.54 Å². The quantitative estimate of drug-likeness (QED) is 0.605. The molecule has 0 aliphatic rings. The molecule has 142 valence electrons. The van der Waals surface area contributed by atoms with Crippen molar-refractivity contribution in [1.29, 1.82) is 0 Å². The molecule has 2 aromatic heterocycles. The lowest BCUT2D eigenvalue weighted by Crippen LogP contribution is -2.35. The molecule has 0 bridgehead atoms. The summed E-state index contributed by atoms with van der Waals surface area (Å²) >= 11 is 1.51. The maximum Gasteiger partial charge on any atom is 0.257 e. The van der Waals surface area contributed by atoms with Crippen LogP contribution in [0.2, 0.25) is 0 Å². The molecule has 0 aliphatic carbocycles. The molecule has 3 aromatic rings. The van der Waals surface area contributed by atoms with Gasteiger partial charge in [-0.3, -0.25) is 9.69 Å². The number of nitrogens with one attached hydrogen (secondary N) is 1. The molecule has 0 aliphatic heterocycles. The van der Waals surface area contributed by atoms with E-state index in [2.05, 4.69) is 15.5 Å². The fraction of sp³-hybridized carbons (Fsp3) is 0.278. The molecule has 1 aromatic carbocycles. The molecule has 0 atom stereocenters. The van der Waals surface area contributed by atoms with Crippen LogP contribution in [0.15, 0.2) is 46.2 Å². The molecule has 0 radical (unpaired) electrons. The molecule has 27 heavy (non-hydrogen) atoms. The van der Waals surface area contributed by atoms with Crippen LogP contribution in [-0.2, 0) is 16.1 Å². The van der Waals surface area contributed by atoms with Crippen LogP contribution in [0.25, 0.3) is 10.8 Å². The normalized spacial score (nSPS) is 11.1. The summed E-state index contributed by atoms with van der Waals surface area (Å²) in [5.41, 5.74) is 0.407. The van der Waals surface area contributed by atoms with Gasteiger partial charge in [-0.05, 0) is 29.6 Å². The van der Waals surface area contributed by atoms with E-state index < -0.39 is 5.82 Å². The third-order valence-electron chi connectivity index (χ3n) is 3.64. The zero-order chi connectivity index (χ0) is 19.1. The number of hydrogen-bond acceptors (Lipinski definition) is 7. The number of carbonyl (C=O) groups is 1. The summed E-state index contributed by atoms with van der Waals surface area (Å²) in [6.45, 7) is 1.33. The molecule has 0 spiro atoms. The molecular weight excluding hydrogens is 371 g/mol. The number of amides is 1. The summed E-state index contributed by atoms with van der Waals surface area (Å²) in [6.07, 6.45) is 0. The number of aromatic nitrogens is 2. The van der Waals surface area contributed by atoms with Crippen molar-refractivity contribution in [1.82, 2.24) is 15.1 Å². The molecule has 3 rings (SSSR count). The van der Waals surface area contributed by atoms with Crippen LogP contribution >= 0.6 is 11.3 Å². The highest BCUT2D eigenvalue weighted by atomic mass is 32.1. The van der Waals surface area contributed by atoms with Gasteiger partial charge in [-0.25, -0.2) is 4.39 Å². The number of thiophene rings is 1. The minimum Gasteiger partial charge on any atom is -0.419 e. The SMILES string of the molecule is COCCN(CC(=O)Nc1cccc(F)c1)Cc1nnc(-c2cccs2)o1. The monoisotopic (exact) mass is 390 g/mol. The second kappa shape index (κ2) is 9.36. The fourth-order valence-electron chi connectivity index (χ4n) is 2.41. The first-order chi connectivity index (χ1) is 13.1. The Balaban J connectivity index is 1.62. The zero-order valence-corrected chi connectivity index (χ0v) is 15.5. The summed E-state index contributed by atoms with van der Waals surface area (Å²) < 4.78 is 24.0. The summed E-state index contributed by atoms with van der Waals surface area (Å²) in [4.78, 5) is 15.0. The number of carbonyl (C=O) groups excluding carboxylic acids is 1. The van der Waals surface area contributed by atoms with E-state index in [0.29, 0.717) is 37.2 Å². The largest absolute Gasteiger partial charge is 0.419 e. The molecule has 1 amide bonds. The van der Waals surface area contributed by atoms with Crippen LogP contribution in [0.3, 0.4) is 0 Å². The van der Waals surface area contributed by atoms with E-state index in [1.165, 1.54) is 29.5 Å². The van der Waals surface area contributed by atoms with Crippen LogP contribution in [0.5, 0.6) is 0 Å². The average Bonchev–Trinajstić information content (AvgIpc) is 3.31. The van der Waals surface area contributed by atoms with Gasteiger partial charge < -0.3 is 14.5 Å². The molecule has 0 unspecified atom stereocenters. The van der Waals surface area contributed by atoms with Crippen molar-refractivity contribution in [3.8, 4) is 10.8 Å². The van der Waals surface area contributed by atoms with Gasteiger partial charge in [0, 0.05) is 19.3 Å².